The molecule has 0 radical (unpaired) electrons. The number of piperazine rings is 1. The molecule has 0 aromatic heterocycles. The van der Waals surface area contributed by atoms with Crippen LogP contribution in [0.25, 0.3) is 0 Å². The zero-order valence-electron chi connectivity index (χ0n) is 15.2. The van der Waals surface area contributed by atoms with Crippen LogP contribution < -0.4 is 14.2 Å². The maximum absolute atomic E-state index is 5.56. The smallest absolute Gasteiger partial charge is 0.203 e. The Morgan fingerprint density at radius 2 is 1.68 bits per heavy atom. The van der Waals surface area contributed by atoms with Crippen molar-refractivity contribution in [1.29, 1.82) is 0 Å². The number of benzene rings is 1. The van der Waals surface area contributed by atoms with Crippen LogP contribution in [-0.2, 0) is 6.42 Å². The van der Waals surface area contributed by atoms with Gasteiger partial charge in [0.2, 0.25) is 5.75 Å². The first-order valence-corrected chi connectivity index (χ1v) is 9.61. The summed E-state index contributed by atoms with van der Waals surface area (Å²) >= 11 is 7.02. The molecule has 142 valence electrons. The van der Waals surface area contributed by atoms with Gasteiger partial charge in [-0.3, -0.25) is 4.90 Å². The van der Waals surface area contributed by atoms with Crippen LogP contribution in [0.3, 0.4) is 0 Å². The van der Waals surface area contributed by atoms with Gasteiger partial charge in [0.1, 0.15) is 4.32 Å². The van der Waals surface area contributed by atoms with Crippen molar-refractivity contribution in [2.24, 2.45) is 0 Å². The number of thioether (sulfide) groups is 1. The number of thiocarbonyl (C=S) groups is 1. The molecule has 1 aromatic carbocycles. The van der Waals surface area contributed by atoms with Crippen LogP contribution in [0.2, 0.25) is 0 Å². The average molecular weight is 407 g/mol. The molecule has 25 heavy (non-hydrogen) atoms. The van der Waals surface area contributed by atoms with Crippen LogP contribution >= 0.6 is 36.4 Å². The third kappa shape index (κ3) is 5.54. The molecule has 1 aliphatic heterocycles. The van der Waals surface area contributed by atoms with E-state index in [1.165, 1.54) is 0 Å². The Labute approximate surface area is 166 Å². The molecule has 5 nitrogen and oxygen atoms in total. The van der Waals surface area contributed by atoms with Gasteiger partial charge in [-0.15, -0.1) is 24.2 Å². The van der Waals surface area contributed by atoms with Gasteiger partial charge in [-0.1, -0.05) is 18.3 Å². The second-order valence-corrected chi connectivity index (χ2v) is 6.98. The third-order valence-electron chi connectivity index (χ3n) is 4.29. The monoisotopic (exact) mass is 406 g/mol. The second-order valence-electron chi connectivity index (χ2n) is 5.54. The quantitative estimate of drug-likeness (QED) is 0.672. The van der Waals surface area contributed by atoms with E-state index in [9.17, 15) is 0 Å². The Balaban J connectivity index is 0.00000312. The van der Waals surface area contributed by atoms with Crippen molar-refractivity contribution in [3.8, 4) is 17.2 Å². The summed E-state index contributed by atoms with van der Waals surface area (Å²) in [4.78, 5) is 4.75. The van der Waals surface area contributed by atoms with Gasteiger partial charge in [0, 0.05) is 32.7 Å². The minimum absolute atomic E-state index is 0. The predicted molar refractivity (Wildman–Crippen MR) is 111 cm³/mol. The van der Waals surface area contributed by atoms with E-state index >= 15 is 0 Å². The first-order valence-electron chi connectivity index (χ1n) is 7.97. The number of hydrogen-bond donors (Lipinski definition) is 0. The number of ether oxygens (including phenoxy) is 3. The highest BCUT2D eigenvalue weighted by molar-refractivity contribution is 8.22. The van der Waals surface area contributed by atoms with Gasteiger partial charge in [0.15, 0.2) is 11.5 Å². The standard InChI is InChI=1S/C17H26N2O3S2.ClH/c1-20-14-6-5-13(15(21-2)16(14)22-3)7-8-18-9-11-19(12-10-18)17(23)24-4;/h5-6H,7-12H2,1-4H3;1H. The summed E-state index contributed by atoms with van der Waals surface area (Å²) < 4.78 is 17.4. The van der Waals surface area contributed by atoms with Gasteiger partial charge < -0.3 is 19.1 Å². The number of hydrogen-bond acceptors (Lipinski definition) is 6. The molecule has 0 atom stereocenters. The zero-order chi connectivity index (χ0) is 17.5. The summed E-state index contributed by atoms with van der Waals surface area (Å²) in [5.74, 6) is 2.11. The fourth-order valence-corrected chi connectivity index (χ4v) is 3.55. The van der Waals surface area contributed by atoms with Gasteiger partial charge >= 0.3 is 0 Å². The van der Waals surface area contributed by atoms with Crippen molar-refractivity contribution < 1.29 is 14.2 Å². The second kappa shape index (κ2) is 11.0. The Morgan fingerprint density at radius 3 is 2.20 bits per heavy atom. The van der Waals surface area contributed by atoms with Gasteiger partial charge in [0.25, 0.3) is 0 Å². The Kier molecular flexibility index (Phi) is 9.71. The average Bonchev–Trinajstić information content (AvgIpc) is 2.64. The van der Waals surface area contributed by atoms with Crippen molar-refractivity contribution in [3.05, 3.63) is 17.7 Å². The number of halogens is 1. The number of rotatable bonds is 6. The van der Waals surface area contributed by atoms with Crippen LogP contribution in [0.15, 0.2) is 12.1 Å². The Morgan fingerprint density at radius 1 is 1.04 bits per heavy atom. The summed E-state index contributed by atoms with van der Waals surface area (Å²) in [6.45, 7) is 5.07. The lowest BCUT2D eigenvalue weighted by molar-refractivity contribution is 0.187. The highest BCUT2D eigenvalue weighted by Gasteiger charge is 2.20. The topological polar surface area (TPSA) is 34.2 Å². The fraction of sp³-hybridized carbons (Fsp3) is 0.588. The summed E-state index contributed by atoms with van der Waals surface area (Å²) in [7, 11) is 4.94. The molecular weight excluding hydrogens is 380 g/mol. The lowest BCUT2D eigenvalue weighted by Gasteiger charge is -2.35. The number of nitrogens with zero attached hydrogens (tertiary/aromatic N) is 2. The molecule has 0 aliphatic carbocycles. The van der Waals surface area contributed by atoms with Crippen molar-refractivity contribution in [1.82, 2.24) is 9.80 Å². The van der Waals surface area contributed by atoms with Gasteiger partial charge in [-0.25, -0.2) is 0 Å². The van der Waals surface area contributed by atoms with Crippen LogP contribution in [0.1, 0.15) is 5.56 Å². The molecule has 0 bridgehead atoms. The molecular formula is C17H27ClN2O3S2. The highest BCUT2D eigenvalue weighted by Crippen LogP contribution is 2.39. The summed E-state index contributed by atoms with van der Waals surface area (Å²) in [5, 5.41) is 0. The number of methoxy groups -OCH3 is 3. The maximum Gasteiger partial charge on any atom is 0.203 e. The van der Waals surface area contributed by atoms with E-state index < -0.39 is 0 Å². The first kappa shape index (κ1) is 22.2. The van der Waals surface area contributed by atoms with E-state index in [-0.39, 0.29) is 12.4 Å². The molecule has 1 fully saturated rings. The normalized spacial score (nSPS) is 14.6. The van der Waals surface area contributed by atoms with Crippen molar-refractivity contribution >= 4 is 40.7 Å². The van der Waals surface area contributed by atoms with Gasteiger partial charge in [0.05, 0.1) is 21.3 Å². The molecule has 0 saturated carbocycles. The fourth-order valence-electron chi connectivity index (χ4n) is 2.92. The first-order chi connectivity index (χ1) is 11.6. The van der Waals surface area contributed by atoms with Gasteiger partial charge in [-0.05, 0) is 24.3 Å². The molecule has 1 heterocycles. The summed E-state index contributed by atoms with van der Waals surface area (Å²) in [6.07, 6.45) is 2.95. The highest BCUT2D eigenvalue weighted by atomic mass is 35.5. The molecule has 1 saturated heterocycles. The molecule has 0 amide bonds. The van der Waals surface area contributed by atoms with Crippen LogP contribution in [0.4, 0.5) is 0 Å². The van der Waals surface area contributed by atoms with Crippen LogP contribution in [-0.4, -0.2) is 74.4 Å². The molecule has 8 heteroatoms. The molecule has 0 spiro atoms. The van der Waals surface area contributed by atoms with E-state index in [0.29, 0.717) is 11.5 Å². The molecule has 0 unspecified atom stereocenters. The molecule has 0 N–H and O–H groups in total. The summed E-state index contributed by atoms with van der Waals surface area (Å²) in [5.41, 5.74) is 1.14. The molecule has 2 rings (SSSR count). The van der Waals surface area contributed by atoms with Gasteiger partial charge in [-0.2, -0.15) is 0 Å². The van der Waals surface area contributed by atoms with Crippen molar-refractivity contribution in [3.63, 3.8) is 0 Å². The third-order valence-corrected chi connectivity index (χ3v) is 5.65. The molecule has 1 aliphatic rings. The minimum atomic E-state index is 0. The van der Waals surface area contributed by atoms with Crippen LogP contribution in [0, 0.1) is 0 Å². The minimum Gasteiger partial charge on any atom is -0.493 e. The van der Waals surface area contributed by atoms with Crippen LogP contribution in [0.5, 0.6) is 17.2 Å². The van der Waals surface area contributed by atoms with E-state index in [1.807, 2.05) is 12.3 Å². The van der Waals surface area contributed by atoms with E-state index in [2.05, 4.69) is 15.9 Å². The maximum atomic E-state index is 5.56. The van der Waals surface area contributed by atoms with E-state index in [0.717, 1.165) is 54.8 Å². The lowest BCUT2D eigenvalue weighted by Crippen LogP contribution is -2.47. The summed E-state index contributed by atoms with van der Waals surface area (Å²) in [6, 6.07) is 3.99. The molecule has 1 aromatic rings. The van der Waals surface area contributed by atoms with Crippen molar-refractivity contribution in [2.45, 2.75) is 6.42 Å². The predicted octanol–water partition coefficient (Wildman–Crippen LogP) is 2.94. The van der Waals surface area contributed by atoms with E-state index in [1.54, 1.807) is 33.1 Å². The Bertz CT molecular complexity index is 567. The SMILES string of the molecule is COc1ccc(CCN2CCN(C(=S)SC)CC2)c(OC)c1OC.Cl. The Hall–Kier alpha value is -0.890. The van der Waals surface area contributed by atoms with Crippen molar-refractivity contribution in [2.75, 3.05) is 60.3 Å². The lowest BCUT2D eigenvalue weighted by atomic mass is 10.1. The largest absolute Gasteiger partial charge is 0.493 e. The zero-order valence-corrected chi connectivity index (χ0v) is 17.7. The van der Waals surface area contributed by atoms with E-state index in [4.69, 9.17) is 26.4 Å².